The lowest BCUT2D eigenvalue weighted by Crippen LogP contribution is -2.50. The van der Waals surface area contributed by atoms with Crippen LogP contribution in [0.4, 0.5) is 0 Å². The molecular weight excluding hydrogens is 312 g/mol. The summed E-state index contributed by atoms with van der Waals surface area (Å²) in [5.41, 5.74) is 0.693. The maximum Gasteiger partial charge on any atom is 0.230 e. The molecule has 1 amide bonds. The number of benzene rings is 1. The van der Waals surface area contributed by atoms with Gasteiger partial charge in [-0.15, -0.1) is 0 Å². The maximum absolute atomic E-state index is 13.1. The first-order valence-corrected chi connectivity index (χ1v) is 9.74. The van der Waals surface area contributed by atoms with Gasteiger partial charge in [0.25, 0.3) is 0 Å². The second kappa shape index (κ2) is 8.33. The van der Waals surface area contributed by atoms with Gasteiger partial charge in [0.05, 0.1) is 5.41 Å². The quantitative estimate of drug-likeness (QED) is 0.893. The number of carbonyl (C=O) groups is 1. The third-order valence-electron chi connectivity index (χ3n) is 5.77. The average molecular weight is 344 g/mol. The second-order valence-electron chi connectivity index (χ2n) is 8.02. The molecule has 2 unspecified atom stereocenters. The van der Waals surface area contributed by atoms with E-state index >= 15 is 0 Å². The summed E-state index contributed by atoms with van der Waals surface area (Å²) >= 11 is 0. The number of ether oxygens (including phenoxy) is 1. The molecule has 2 aliphatic rings. The number of carbonyl (C=O) groups excluding carboxylic acids is 1. The Morgan fingerprint density at radius 2 is 1.80 bits per heavy atom. The predicted molar refractivity (Wildman–Crippen MR) is 101 cm³/mol. The van der Waals surface area contributed by atoms with Crippen LogP contribution in [-0.2, 0) is 14.9 Å². The Morgan fingerprint density at radius 3 is 2.44 bits per heavy atom. The lowest BCUT2D eigenvalue weighted by Gasteiger charge is -2.37. The van der Waals surface area contributed by atoms with Crippen LogP contribution in [0.15, 0.2) is 30.3 Å². The molecule has 0 spiro atoms. The Balaban J connectivity index is 1.60. The summed E-state index contributed by atoms with van der Waals surface area (Å²) < 4.78 is 5.53. The van der Waals surface area contributed by atoms with E-state index in [0.717, 1.165) is 56.4 Å². The fourth-order valence-electron chi connectivity index (χ4n) is 4.60. The minimum Gasteiger partial charge on any atom is -0.381 e. The van der Waals surface area contributed by atoms with Crippen LogP contribution < -0.4 is 5.32 Å². The van der Waals surface area contributed by atoms with Gasteiger partial charge in [0, 0.05) is 39.4 Å². The average Bonchev–Trinajstić information content (AvgIpc) is 2.62. The summed E-state index contributed by atoms with van der Waals surface area (Å²) in [7, 11) is 0. The molecule has 138 valence electrons. The standard InChI is InChI=1S/C21H32N2O2/c1-17-14-18(2)16-23(15-17)11-10-22-20(24)21(8-12-25-13-9-21)19-6-4-3-5-7-19/h3-7,17-18H,8-16H2,1-2H3,(H,22,24). The van der Waals surface area contributed by atoms with Crippen LogP contribution in [-0.4, -0.2) is 50.2 Å². The first-order chi connectivity index (χ1) is 12.1. The van der Waals surface area contributed by atoms with E-state index in [4.69, 9.17) is 4.74 Å². The molecule has 1 aromatic rings. The van der Waals surface area contributed by atoms with Crippen molar-refractivity contribution < 1.29 is 9.53 Å². The van der Waals surface area contributed by atoms with E-state index < -0.39 is 5.41 Å². The van der Waals surface area contributed by atoms with Crippen LogP contribution >= 0.6 is 0 Å². The third-order valence-corrected chi connectivity index (χ3v) is 5.77. The van der Waals surface area contributed by atoms with Crippen LogP contribution in [0.25, 0.3) is 0 Å². The molecule has 0 aliphatic carbocycles. The van der Waals surface area contributed by atoms with Gasteiger partial charge >= 0.3 is 0 Å². The molecule has 0 radical (unpaired) electrons. The molecule has 25 heavy (non-hydrogen) atoms. The van der Waals surface area contributed by atoms with Crippen molar-refractivity contribution in [1.29, 1.82) is 0 Å². The lowest BCUT2D eigenvalue weighted by molar-refractivity contribution is -0.130. The molecule has 2 saturated heterocycles. The number of nitrogens with one attached hydrogen (secondary N) is 1. The van der Waals surface area contributed by atoms with Gasteiger partial charge in [-0.1, -0.05) is 44.2 Å². The fourth-order valence-corrected chi connectivity index (χ4v) is 4.60. The van der Waals surface area contributed by atoms with Crippen molar-refractivity contribution in [2.75, 3.05) is 39.4 Å². The van der Waals surface area contributed by atoms with Crippen molar-refractivity contribution in [2.24, 2.45) is 11.8 Å². The van der Waals surface area contributed by atoms with Gasteiger partial charge in [0.1, 0.15) is 0 Å². The Bertz CT molecular complexity index is 544. The topological polar surface area (TPSA) is 41.6 Å². The molecule has 4 nitrogen and oxygen atoms in total. The van der Waals surface area contributed by atoms with Gasteiger partial charge < -0.3 is 15.0 Å². The highest BCUT2D eigenvalue weighted by molar-refractivity contribution is 5.88. The van der Waals surface area contributed by atoms with Crippen LogP contribution in [0.2, 0.25) is 0 Å². The third kappa shape index (κ3) is 4.42. The van der Waals surface area contributed by atoms with Crippen LogP contribution in [0.1, 0.15) is 38.7 Å². The van der Waals surface area contributed by atoms with Crippen LogP contribution in [0, 0.1) is 11.8 Å². The molecular formula is C21H32N2O2. The molecule has 2 atom stereocenters. The number of amides is 1. The van der Waals surface area contributed by atoms with Crippen molar-refractivity contribution in [3.8, 4) is 0 Å². The second-order valence-corrected chi connectivity index (χ2v) is 8.02. The first-order valence-electron chi connectivity index (χ1n) is 9.74. The van der Waals surface area contributed by atoms with Crippen LogP contribution in [0.5, 0.6) is 0 Å². The summed E-state index contributed by atoms with van der Waals surface area (Å²) in [6, 6.07) is 10.2. The van der Waals surface area contributed by atoms with Gasteiger partial charge in [0.2, 0.25) is 5.91 Å². The van der Waals surface area contributed by atoms with Gasteiger partial charge in [0.15, 0.2) is 0 Å². The minimum absolute atomic E-state index is 0.167. The summed E-state index contributed by atoms with van der Waals surface area (Å²) in [5, 5.41) is 3.23. The van der Waals surface area contributed by atoms with Gasteiger partial charge in [-0.2, -0.15) is 0 Å². The molecule has 1 aromatic carbocycles. The monoisotopic (exact) mass is 344 g/mol. The van der Waals surface area contributed by atoms with Crippen LogP contribution in [0.3, 0.4) is 0 Å². The number of hydrogen-bond acceptors (Lipinski definition) is 3. The van der Waals surface area contributed by atoms with Gasteiger partial charge in [-0.25, -0.2) is 0 Å². The van der Waals surface area contributed by atoms with Gasteiger partial charge in [-0.3, -0.25) is 4.79 Å². The highest BCUT2D eigenvalue weighted by Gasteiger charge is 2.41. The molecule has 2 fully saturated rings. The minimum atomic E-state index is -0.429. The van der Waals surface area contributed by atoms with E-state index in [1.54, 1.807) is 0 Å². The van der Waals surface area contributed by atoms with Gasteiger partial charge in [-0.05, 0) is 36.7 Å². The largest absolute Gasteiger partial charge is 0.381 e. The van der Waals surface area contributed by atoms with E-state index in [1.807, 2.05) is 18.2 Å². The van der Waals surface area contributed by atoms with E-state index in [1.165, 1.54) is 6.42 Å². The highest BCUT2D eigenvalue weighted by Crippen LogP contribution is 2.35. The lowest BCUT2D eigenvalue weighted by atomic mass is 9.73. The molecule has 0 saturated carbocycles. The van der Waals surface area contributed by atoms with E-state index in [9.17, 15) is 4.79 Å². The van der Waals surface area contributed by atoms with Crippen molar-refractivity contribution in [2.45, 2.75) is 38.5 Å². The van der Waals surface area contributed by atoms with E-state index in [0.29, 0.717) is 13.2 Å². The number of rotatable bonds is 5. The fraction of sp³-hybridized carbons (Fsp3) is 0.667. The summed E-state index contributed by atoms with van der Waals surface area (Å²) in [5.74, 6) is 1.68. The summed E-state index contributed by atoms with van der Waals surface area (Å²) in [6.07, 6.45) is 2.85. The zero-order valence-corrected chi connectivity index (χ0v) is 15.7. The summed E-state index contributed by atoms with van der Waals surface area (Å²) in [4.78, 5) is 15.6. The SMILES string of the molecule is CC1CC(C)CN(CCNC(=O)C2(c3ccccc3)CCOCC2)C1. The molecule has 4 heteroatoms. The van der Waals surface area contributed by atoms with Crippen molar-refractivity contribution in [3.05, 3.63) is 35.9 Å². The van der Waals surface area contributed by atoms with Crippen molar-refractivity contribution in [3.63, 3.8) is 0 Å². The zero-order chi connectivity index (χ0) is 17.7. The number of likely N-dealkylation sites (tertiary alicyclic amines) is 1. The maximum atomic E-state index is 13.1. The normalized spacial score (nSPS) is 27.0. The van der Waals surface area contributed by atoms with Crippen molar-refractivity contribution >= 4 is 5.91 Å². The molecule has 2 heterocycles. The Kier molecular flexibility index (Phi) is 6.13. The zero-order valence-electron chi connectivity index (χ0n) is 15.7. The molecule has 3 rings (SSSR count). The molecule has 0 aromatic heterocycles. The van der Waals surface area contributed by atoms with Crippen molar-refractivity contribution in [1.82, 2.24) is 10.2 Å². The van der Waals surface area contributed by atoms with E-state index in [-0.39, 0.29) is 5.91 Å². The highest BCUT2D eigenvalue weighted by atomic mass is 16.5. The molecule has 0 bridgehead atoms. The molecule has 1 N–H and O–H groups in total. The smallest absolute Gasteiger partial charge is 0.230 e. The summed E-state index contributed by atoms with van der Waals surface area (Å²) in [6.45, 7) is 9.94. The Labute approximate surface area is 151 Å². The first kappa shape index (κ1) is 18.4. The molecule has 2 aliphatic heterocycles. The number of piperidine rings is 1. The number of hydrogen-bond donors (Lipinski definition) is 1. The van der Waals surface area contributed by atoms with E-state index in [2.05, 4.69) is 36.2 Å². The Hall–Kier alpha value is -1.39. The number of nitrogens with zero attached hydrogens (tertiary/aromatic N) is 1. The Morgan fingerprint density at radius 1 is 1.16 bits per heavy atom. The predicted octanol–water partition coefficient (Wildman–Crippen LogP) is 2.83.